The molecule has 214 valence electrons. The molecule has 1 spiro atoms. The number of ether oxygens (including phenoxy) is 3. The number of hydrogen-bond donors (Lipinski definition) is 0. The van der Waals surface area contributed by atoms with Gasteiger partial charge in [-0.05, 0) is 18.2 Å². The van der Waals surface area contributed by atoms with Gasteiger partial charge < -0.3 is 18.7 Å². The van der Waals surface area contributed by atoms with E-state index in [4.69, 9.17) is 14.2 Å². The summed E-state index contributed by atoms with van der Waals surface area (Å²) in [5, 5.41) is 11.1. The van der Waals surface area contributed by atoms with Crippen LogP contribution in [0.5, 0.6) is 0 Å². The lowest BCUT2D eigenvalue weighted by atomic mass is 9.85. The van der Waals surface area contributed by atoms with Crippen molar-refractivity contribution in [1.82, 2.24) is 0 Å². The summed E-state index contributed by atoms with van der Waals surface area (Å²) in [6, 6.07) is 17.8. The van der Waals surface area contributed by atoms with Gasteiger partial charge in [-0.2, -0.15) is 0 Å². The molecule has 3 unspecified atom stereocenters. The Bertz CT molecular complexity index is 1300. The van der Waals surface area contributed by atoms with Crippen molar-refractivity contribution in [2.24, 2.45) is 0 Å². The van der Waals surface area contributed by atoms with Gasteiger partial charge in [-0.1, -0.05) is 60.7 Å². The predicted octanol–water partition coefficient (Wildman–Crippen LogP) is 5.42. The molecule has 3 fully saturated rings. The number of piperidine rings is 1. The molecule has 0 amide bonds. The molecule has 2 bridgehead atoms. The second-order valence-electron chi connectivity index (χ2n) is 11.6. The monoisotopic (exact) mass is 559 g/mol. The third kappa shape index (κ3) is 5.03. The number of carbonyl (C=O) groups is 2. The second-order valence-corrected chi connectivity index (χ2v) is 11.6. The van der Waals surface area contributed by atoms with Gasteiger partial charge in [-0.25, -0.2) is 9.59 Å². The van der Waals surface area contributed by atoms with Crippen molar-refractivity contribution < 1.29 is 33.2 Å². The molecular formula is C32H35N2O7+. The van der Waals surface area contributed by atoms with Crippen LogP contribution in [0.2, 0.25) is 0 Å². The van der Waals surface area contributed by atoms with Crippen molar-refractivity contribution in [3.8, 4) is 0 Å². The Labute approximate surface area is 239 Å². The van der Waals surface area contributed by atoms with Crippen LogP contribution in [0.1, 0.15) is 56.1 Å². The van der Waals surface area contributed by atoms with Crippen molar-refractivity contribution >= 4 is 12.1 Å². The third-order valence-electron chi connectivity index (χ3n) is 9.43. The van der Waals surface area contributed by atoms with E-state index in [0.29, 0.717) is 23.2 Å². The van der Waals surface area contributed by atoms with Crippen LogP contribution in [0.25, 0.3) is 0 Å². The first kappa shape index (κ1) is 27.2. The molecular weight excluding hydrogens is 524 g/mol. The number of carbonyl (C=O) groups excluding carboxylic acids is 2. The van der Waals surface area contributed by atoms with Gasteiger partial charge in [0.05, 0.1) is 25.2 Å². The number of quaternary nitrogens is 1. The molecule has 3 aliphatic heterocycles. The van der Waals surface area contributed by atoms with Gasteiger partial charge in [0.1, 0.15) is 11.9 Å². The number of hydrogen-bond acceptors (Lipinski definition) is 7. The third-order valence-corrected chi connectivity index (χ3v) is 9.43. The molecule has 3 saturated heterocycles. The van der Waals surface area contributed by atoms with E-state index in [0.717, 1.165) is 25.7 Å². The van der Waals surface area contributed by atoms with E-state index in [2.05, 4.69) is 0 Å². The predicted molar refractivity (Wildman–Crippen MR) is 149 cm³/mol. The number of benzene rings is 2. The molecule has 1 aliphatic carbocycles. The Morgan fingerprint density at radius 3 is 2.00 bits per heavy atom. The normalized spacial score (nSPS) is 26.3. The van der Waals surface area contributed by atoms with Gasteiger partial charge in [0, 0.05) is 61.0 Å². The zero-order valence-electron chi connectivity index (χ0n) is 22.9. The van der Waals surface area contributed by atoms with E-state index in [1.165, 1.54) is 48.6 Å². The molecule has 41 heavy (non-hydrogen) atoms. The molecule has 9 heteroatoms. The van der Waals surface area contributed by atoms with Crippen LogP contribution in [0.4, 0.5) is 4.79 Å². The molecule has 2 aromatic rings. The summed E-state index contributed by atoms with van der Waals surface area (Å²) in [5.41, 5.74) is -1.02. The average Bonchev–Trinajstić information content (AvgIpc) is 3.53. The Hall–Kier alpha value is -3.98. The SMILES string of the molecule is O=C(OC1=CCC([N+](=O)[O-])C=C1)OC(C(=O)OC1CC2CCC(C1)[N+]21CCCC1)(c1ccccc1)c1ccccc1. The number of esters is 1. The van der Waals surface area contributed by atoms with Crippen LogP contribution in [-0.4, -0.2) is 58.9 Å². The highest BCUT2D eigenvalue weighted by molar-refractivity contribution is 5.88. The van der Waals surface area contributed by atoms with Crippen molar-refractivity contribution in [2.75, 3.05) is 13.1 Å². The van der Waals surface area contributed by atoms with Crippen molar-refractivity contribution in [2.45, 2.75) is 74.8 Å². The van der Waals surface area contributed by atoms with Crippen LogP contribution in [0.3, 0.4) is 0 Å². The summed E-state index contributed by atoms with van der Waals surface area (Å²) >= 11 is 0. The molecule has 3 heterocycles. The number of nitro groups is 1. The molecule has 9 nitrogen and oxygen atoms in total. The summed E-state index contributed by atoms with van der Waals surface area (Å²) < 4.78 is 18.9. The quantitative estimate of drug-likeness (QED) is 0.193. The van der Waals surface area contributed by atoms with Crippen LogP contribution in [0.15, 0.2) is 84.7 Å². The van der Waals surface area contributed by atoms with Crippen LogP contribution < -0.4 is 0 Å². The molecule has 3 atom stereocenters. The summed E-state index contributed by atoms with van der Waals surface area (Å²) in [4.78, 5) is 38.3. The van der Waals surface area contributed by atoms with E-state index in [1.807, 2.05) is 12.1 Å². The van der Waals surface area contributed by atoms with Gasteiger partial charge in [-0.15, -0.1) is 0 Å². The lowest BCUT2D eigenvalue weighted by molar-refractivity contribution is -0.956. The zero-order chi connectivity index (χ0) is 28.5. The van der Waals surface area contributed by atoms with E-state index >= 15 is 0 Å². The maximum atomic E-state index is 14.4. The number of allylic oxidation sites excluding steroid dienone is 1. The zero-order valence-corrected chi connectivity index (χ0v) is 22.9. The average molecular weight is 560 g/mol. The maximum Gasteiger partial charge on any atom is 0.515 e. The van der Waals surface area contributed by atoms with Gasteiger partial charge in [-0.3, -0.25) is 10.1 Å². The Kier molecular flexibility index (Phi) is 7.38. The molecule has 0 N–H and O–H groups in total. The number of nitrogens with zero attached hydrogens (tertiary/aromatic N) is 2. The van der Waals surface area contributed by atoms with Crippen molar-refractivity contribution in [3.05, 3.63) is 106 Å². The van der Waals surface area contributed by atoms with Crippen molar-refractivity contribution in [3.63, 3.8) is 0 Å². The largest absolute Gasteiger partial charge is 0.515 e. The van der Waals surface area contributed by atoms with E-state index in [-0.39, 0.29) is 18.3 Å². The maximum absolute atomic E-state index is 14.4. The molecule has 6 rings (SSSR count). The topological polar surface area (TPSA) is 105 Å². The lowest BCUT2D eigenvalue weighted by Gasteiger charge is -2.47. The van der Waals surface area contributed by atoms with Crippen LogP contribution >= 0.6 is 0 Å². The smallest absolute Gasteiger partial charge is 0.458 e. The Balaban J connectivity index is 1.29. The lowest BCUT2D eigenvalue weighted by Crippen LogP contribution is -2.60. The Morgan fingerprint density at radius 2 is 1.49 bits per heavy atom. The fraction of sp³-hybridized carbons (Fsp3) is 0.438. The van der Waals surface area contributed by atoms with Gasteiger partial charge >= 0.3 is 12.1 Å². The summed E-state index contributed by atoms with van der Waals surface area (Å²) in [7, 11) is 0. The first-order valence-electron chi connectivity index (χ1n) is 14.5. The van der Waals surface area contributed by atoms with E-state index < -0.39 is 28.7 Å². The van der Waals surface area contributed by atoms with Crippen LogP contribution in [0, 0.1) is 10.1 Å². The molecule has 0 radical (unpaired) electrons. The molecule has 4 aliphatic rings. The van der Waals surface area contributed by atoms with Gasteiger partial charge in [0.25, 0.3) is 5.60 Å². The molecule has 0 aromatic heterocycles. The first-order chi connectivity index (χ1) is 19.9. The fourth-order valence-corrected chi connectivity index (χ4v) is 7.51. The Morgan fingerprint density at radius 1 is 0.902 bits per heavy atom. The van der Waals surface area contributed by atoms with Crippen LogP contribution in [-0.2, 0) is 24.6 Å². The highest BCUT2D eigenvalue weighted by Gasteiger charge is 2.57. The van der Waals surface area contributed by atoms with E-state index in [9.17, 15) is 19.7 Å². The number of rotatable bonds is 7. The first-order valence-corrected chi connectivity index (χ1v) is 14.5. The minimum absolute atomic E-state index is 0.0840. The van der Waals surface area contributed by atoms with Crippen molar-refractivity contribution in [1.29, 1.82) is 0 Å². The summed E-state index contributed by atoms with van der Waals surface area (Å²) in [6.07, 6.45) is 9.37. The minimum atomic E-state index is -1.90. The standard InChI is InChI=1S/C32H35N2O7/c35-30(39-29-21-26-15-16-27(22-29)34(26)19-7-8-20-34)32(23-9-3-1-4-10-23,24-11-5-2-6-12-24)41-31(36)40-28-17-13-25(14-18-28)33(37)38/h1-6,9-13,17-18,25-27,29H,7-8,14-16,19-22H2/q+1. The van der Waals surface area contributed by atoms with Gasteiger partial charge in [0.15, 0.2) is 0 Å². The fourth-order valence-electron chi connectivity index (χ4n) is 7.51. The summed E-state index contributed by atoms with van der Waals surface area (Å²) in [5.74, 6) is -0.535. The minimum Gasteiger partial charge on any atom is -0.458 e. The van der Waals surface area contributed by atoms with Gasteiger partial charge in [0.2, 0.25) is 6.04 Å². The molecule has 2 aromatic carbocycles. The second kappa shape index (κ2) is 11.1. The molecule has 0 saturated carbocycles. The van der Waals surface area contributed by atoms with E-state index in [1.54, 1.807) is 48.5 Å². The summed E-state index contributed by atoms with van der Waals surface area (Å²) in [6.45, 7) is 2.44. The highest BCUT2D eigenvalue weighted by atomic mass is 16.7. The highest BCUT2D eigenvalue weighted by Crippen LogP contribution is 2.47.